The summed E-state index contributed by atoms with van der Waals surface area (Å²) in [6, 6.07) is 16.6. The molecular weight excluding hydrogens is 260 g/mol. The molecule has 0 aliphatic rings. The maximum atomic E-state index is 11.4. The largest absolute Gasteiger partial charge is 0.496 e. The van der Waals surface area contributed by atoms with Crippen molar-refractivity contribution in [3.8, 4) is 5.75 Å². The number of carbonyl (C=O) groups excluding carboxylic acids is 1. The van der Waals surface area contributed by atoms with E-state index in [-0.39, 0.29) is 11.7 Å². The summed E-state index contributed by atoms with van der Waals surface area (Å²) >= 11 is 0. The van der Waals surface area contributed by atoms with Gasteiger partial charge in [-0.2, -0.15) is 0 Å². The monoisotopic (exact) mass is 282 g/mol. The Kier molecular flexibility index (Phi) is 5.15. The zero-order valence-corrected chi connectivity index (χ0v) is 12.9. The first-order chi connectivity index (χ1) is 10.1. The van der Waals surface area contributed by atoms with Crippen LogP contribution in [0.1, 0.15) is 42.4 Å². The second kappa shape index (κ2) is 7.07. The molecule has 0 N–H and O–H groups in total. The highest BCUT2D eigenvalue weighted by molar-refractivity contribution is 5.75. The molecule has 0 saturated heterocycles. The Labute approximate surface area is 126 Å². The van der Waals surface area contributed by atoms with Crippen molar-refractivity contribution < 1.29 is 9.53 Å². The van der Waals surface area contributed by atoms with Gasteiger partial charge in [0, 0.05) is 17.9 Å². The van der Waals surface area contributed by atoms with Gasteiger partial charge in [-0.25, -0.2) is 0 Å². The van der Waals surface area contributed by atoms with Gasteiger partial charge in [-0.1, -0.05) is 48.0 Å². The second-order valence-electron chi connectivity index (χ2n) is 5.45. The number of hydrogen-bond donors (Lipinski definition) is 0. The Morgan fingerprint density at radius 2 is 1.86 bits per heavy atom. The smallest absolute Gasteiger partial charge is 0.129 e. The van der Waals surface area contributed by atoms with Gasteiger partial charge in [-0.3, -0.25) is 0 Å². The van der Waals surface area contributed by atoms with E-state index in [1.165, 1.54) is 11.1 Å². The van der Waals surface area contributed by atoms with Crippen molar-refractivity contribution in [2.24, 2.45) is 0 Å². The summed E-state index contributed by atoms with van der Waals surface area (Å²) in [7, 11) is 1.70. The summed E-state index contributed by atoms with van der Waals surface area (Å²) in [6.07, 6.45) is 1.38. The first-order valence-corrected chi connectivity index (χ1v) is 7.30. The van der Waals surface area contributed by atoms with Crippen molar-refractivity contribution in [3.05, 3.63) is 65.2 Å². The molecule has 110 valence electrons. The van der Waals surface area contributed by atoms with Crippen LogP contribution in [0.25, 0.3) is 0 Å². The van der Waals surface area contributed by atoms with Gasteiger partial charge in [0.1, 0.15) is 11.5 Å². The van der Waals surface area contributed by atoms with E-state index in [0.717, 1.165) is 17.7 Å². The van der Waals surface area contributed by atoms with E-state index in [4.69, 9.17) is 4.74 Å². The Morgan fingerprint density at radius 1 is 1.14 bits per heavy atom. The minimum absolute atomic E-state index is 0.185. The van der Waals surface area contributed by atoms with Gasteiger partial charge in [0.25, 0.3) is 0 Å². The molecule has 0 radical (unpaired) electrons. The number of aryl methyl sites for hydroxylation is 1. The summed E-state index contributed by atoms with van der Waals surface area (Å²) in [4.78, 5) is 11.4. The Balaban J connectivity index is 2.44. The molecule has 2 heteroatoms. The number of hydrogen-bond acceptors (Lipinski definition) is 2. The van der Waals surface area contributed by atoms with Gasteiger partial charge in [0.05, 0.1) is 7.11 Å². The molecule has 0 heterocycles. The number of benzene rings is 2. The lowest BCUT2D eigenvalue weighted by atomic mass is 9.85. The van der Waals surface area contributed by atoms with E-state index < -0.39 is 0 Å². The number of ether oxygens (including phenoxy) is 1. The molecule has 0 bridgehead atoms. The Bertz CT molecular complexity index is 602. The second-order valence-corrected chi connectivity index (χ2v) is 5.45. The molecule has 0 aliphatic heterocycles. The summed E-state index contributed by atoms with van der Waals surface area (Å²) in [5.41, 5.74) is 3.59. The average molecular weight is 282 g/mol. The van der Waals surface area contributed by atoms with Crippen LogP contribution in [-0.4, -0.2) is 12.9 Å². The van der Waals surface area contributed by atoms with Crippen LogP contribution in [0.5, 0.6) is 5.75 Å². The fraction of sp³-hybridized carbons (Fsp3) is 0.316. The quantitative estimate of drug-likeness (QED) is 0.779. The number of carbonyl (C=O) groups is 1. The van der Waals surface area contributed by atoms with Crippen LogP contribution in [0, 0.1) is 6.92 Å². The lowest BCUT2D eigenvalue weighted by molar-refractivity contribution is -0.117. The highest BCUT2D eigenvalue weighted by Crippen LogP contribution is 2.35. The maximum Gasteiger partial charge on any atom is 0.129 e. The molecule has 2 nitrogen and oxygen atoms in total. The molecule has 1 unspecified atom stereocenters. The topological polar surface area (TPSA) is 26.3 Å². The molecule has 0 aliphatic carbocycles. The van der Waals surface area contributed by atoms with Crippen LogP contribution < -0.4 is 4.74 Å². The zero-order valence-electron chi connectivity index (χ0n) is 12.9. The van der Waals surface area contributed by atoms with Gasteiger partial charge in [-0.15, -0.1) is 0 Å². The van der Waals surface area contributed by atoms with E-state index in [2.05, 4.69) is 31.2 Å². The SMILES string of the molecule is COc1ccc(C)cc1C(CCC(C)=O)c1ccccc1. The van der Waals surface area contributed by atoms with Crippen molar-refractivity contribution in [3.63, 3.8) is 0 Å². The fourth-order valence-electron chi connectivity index (χ4n) is 2.66. The molecule has 0 spiro atoms. The first-order valence-electron chi connectivity index (χ1n) is 7.30. The normalized spacial score (nSPS) is 12.0. The summed E-state index contributed by atoms with van der Waals surface area (Å²) in [5, 5.41) is 0. The van der Waals surface area contributed by atoms with Gasteiger partial charge in [0.15, 0.2) is 0 Å². The minimum Gasteiger partial charge on any atom is -0.496 e. The van der Waals surface area contributed by atoms with Gasteiger partial charge >= 0.3 is 0 Å². The van der Waals surface area contributed by atoms with Crippen molar-refractivity contribution >= 4 is 5.78 Å². The number of rotatable bonds is 6. The third kappa shape index (κ3) is 3.94. The van der Waals surface area contributed by atoms with E-state index in [1.54, 1.807) is 14.0 Å². The predicted molar refractivity (Wildman–Crippen MR) is 85.9 cm³/mol. The van der Waals surface area contributed by atoms with E-state index >= 15 is 0 Å². The lowest BCUT2D eigenvalue weighted by Gasteiger charge is -2.20. The first kappa shape index (κ1) is 15.3. The van der Waals surface area contributed by atoms with Crippen LogP contribution in [0.15, 0.2) is 48.5 Å². The van der Waals surface area contributed by atoms with Crippen LogP contribution in [0.4, 0.5) is 0 Å². The molecule has 0 aromatic heterocycles. The highest BCUT2D eigenvalue weighted by atomic mass is 16.5. The zero-order chi connectivity index (χ0) is 15.2. The molecule has 0 saturated carbocycles. The van der Waals surface area contributed by atoms with Crippen LogP contribution in [0.2, 0.25) is 0 Å². The van der Waals surface area contributed by atoms with Crippen molar-refractivity contribution in [2.45, 2.75) is 32.6 Å². The molecule has 0 fully saturated rings. The Morgan fingerprint density at radius 3 is 2.48 bits per heavy atom. The number of Topliss-reactive ketones (excluding diaryl/α,β-unsaturated/α-hetero) is 1. The summed E-state index contributed by atoms with van der Waals surface area (Å²) in [5.74, 6) is 1.30. The molecule has 2 rings (SSSR count). The van der Waals surface area contributed by atoms with Crippen LogP contribution in [-0.2, 0) is 4.79 Å². The van der Waals surface area contributed by atoms with Gasteiger partial charge in [-0.05, 0) is 31.9 Å². The number of ketones is 1. The minimum atomic E-state index is 0.185. The predicted octanol–water partition coefficient (Wildman–Crippen LogP) is 4.50. The van der Waals surface area contributed by atoms with Gasteiger partial charge in [0.2, 0.25) is 0 Å². The maximum absolute atomic E-state index is 11.4. The van der Waals surface area contributed by atoms with E-state index in [9.17, 15) is 4.79 Å². The molecule has 0 amide bonds. The molecular formula is C19H22O2. The average Bonchev–Trinajstić information content (AvgIpc) is 2.48. The third-order valence-corrected chi connectivity index (χ3v) is 3.75. The lowest BCUT2D eigenvalue weighted by Crippen LogP contribution is -2.06. The van der Waals surface area contributed by atoms with Crippen molar-refractivity contribution in [2.75, 3.05) is 7.11 Å². The Hall–Kier alpha value is -2.09. The standard InChI is InChI=1S/C19H22O2/c1-14-9-12-19(21-3)18(13-14)17(11-10-15(2)20)16-7-5-4-6-8-16/h4-9,12-13,17H,10-11H2,1-3H3. The number of methoxy groups -OCH3 is 1. The summed E-state index contributed by atoms with van der Waals surface area (Å²) in [6.45, 7) is 3.73. The van der Waals surface area contributed by atoms with E-state index in [1.807, 2.05) is 24.3 Å². The van der Waals surface area contributed by atoms with Crippen LogP contribution >= 0.6 is 0 Å². The fourth-order valence-corrected chi connectivity index (χ4v) is 2.66. The molecule has 21 heavy (non-hydrogen) atoms. The van der Waals surface area contributed by atoms with Crippen LogP contribution in [0.3, 0.4) is 0 Å². The van der Waals surface area contributed by atoms with Crippen molar-refractivity contribution in [1.82, 2.24) is 0 Å². The molecule has 2 aromatic rings. The van der Waals surface area contributed by atoms with Gasteiger partial charge < -0.3 is 9.53 Å². The third-order valence-electron chi connectivity index (χ3n) is 3.75. The molecule has 2 aromatic carbocycles. The molecule has 1 atom stereocenters. The van der Waals surface area contributed by atoms with Crippen molar-refractivity contribution in [1.29, 1.82) is 0 Å². The van der Waals surface area contributed by atoms with E-state index in [0.29, 0.717) is 6.42 Å². The highest BCUT2D eigenvalue weighted by Gasteiger charge is 2.19. The summed E-state index contributed by atoms with van der Waals surface area (Å²) < 4.78 is 5.52.